The quantitative estimate of drug-likeness (QED) is 0.577. The van der Waals surface area contributed by atoms with E-state index in [0.717, 1.165) is 10.0 Å². The summed E-state index contributed by atoms with van der Waals surface area (Å²) in [5, 5.41) is 10.0. The molecule has 0 fully saturated rings. The predicted octanol–water partition coefficient (Wildman–Crippen LogP) is 5.14. The van der Waals surface area contributed by atoms with Crippen molar-refractivity contribution < 1.29 is 9.90 Å². The van der Waals surface area contributed by atoms with Crippen molar-refractivity contribution in [2.24, 2.45) is 0 Å². The Labute approximate surface area is 138 Å². The molecular formula is C13H8BrCl2NO2S. The molecule has 0 aliphatic rings. The summed E-state index contributed by atoms with van der Waals surface area (Å²) in [6.45, 7) is 0. The van der Waals surface area contributed by atoms with E-state index in [2.05, 4.69) is 20.9 Å². The van der Waals surface area contributed by atoms with Crippen LogP contribution in [-0.2, 0) is 5.75 Å². The average molecular weight is 393 g/mol. The Bertz CT molecular complexity index is 667. The highest BCUT2D eigenvalue weighted by molar-refractivity contribution is 9.10. The maximum atomic E-state index is 11.2. The molecule has 1 aromatic heterocycles. The standard InChI is InChI=1S/C13H8BrCl2NO2S/c14-8-1-2-9(13(18)19)11(3-8)20-6-7-5-17-12(16)4-10(7)15/h1-5H,6H2,(H,18,19). The number of hydrogen-bond donors (Lipinski definition) is 1. The summed E-state index contributed by atoms with van der Waals surface area (Å²) in [6, 6.07) is 6.60. The van der Waals surface area contributed by atoms with Crippen LogP contribution in [0.4, 0.5) is 0 Å². The summed E-state index contributed by atoms with van der Waals surface area (Å²) < 4.78 is 0.824. The Morgan fingerprint density at radius 3 is 2.75 bits per heavy atom. The van der Waals surface area contributed by atoms with E-state index in [9.17, 15) is 4.79 Å². The van der Waals surface area contributed by atoms with Gasteiger partial charge >= 0.3 is 5.97 Å². The highest BCUT2D eigenvalue weighted by Gasteiger charge is 2.12. The molecule has 0 aliphatic heterocycles. The molecule has 2 aromatic rings. The van der Waals surface area contributed by atoms with Crippen molar-refractivity contribution in [1.82, 2.24) is 4.98 Å². The molecule has 2 rings (SSSR count). The molecule has 0 radical (unpaired) electrons. The summed E-state index contributed by atoms with van der Waals surface area (Å²) in [5.74, 6) is -0.444. The summed E-state index contributed by atoms with van der Waals surface area (Å²) in [7, 11) is 0. The summed E-state index contributed by atoms with van der Waals surface area (Å²) >= 11 is 16.5. The van der Waals surface area contributed by atoms with Gasteiger partial charge in [-0.3, -0.25) is 0 Å². The van der Waals surface area contributed by atoms with E-state index >= 15 is 0 Å². The van der Waals surface area contributed by atoms with Crippen molar-refractivity contribution in [3.05, 3.63) is 56.2 Å². The fourth-order valence-corrected chi connectivity index (χ4v) is 3.58. The predicted molar refractivity (Wildman–Crippen MR) is 84.9 cm³/mol. The van der Waals surface area contributed by atoms with Gasteiger partial charge in [-0.15, -0.1) is 11.8 Å². The smallest absolute Gasteiger partial charge is 0.336 e. The zero-order valence-corrected chi connectivity index (χ0v) is 13.9. The van der Waals surface area contributed by atoms with Crippen LogP contribution < -0.4 is 0 Å². The monoisotopic (exact) mass is 391 g/mol. The molecule has 3 nitrogen and oxygen atoms in total. The summed E-state index contributed by atoms with van der Waals surface area (Å²) in [6.07, 6.45) is 1.59. The highest BCUT2D eigenvalue weighted by Crippen LogP contribution is 2.31. The zero-order valence-electron chi connectivity index (χ0n) is 9.94. The summed E-state index contributed by atoms with van der Waals surface area (Å²) in [4.78, 5) is 15.8. The van der Waals surface area contributed by atoms with Crippen LogP contribution in [0.1, 0.15) is 15.9 Å². The van der Waals surface area contributed by atoms with Crippen LogP contribution >= 0.6 is 50.9 Å². The number of aromatic carboxylic acids is 1. The van der Waals surface area contributed by atoms with Crippen molar-refractivity contribution in [2.75, 3.05) is 0 Å². The highest BCUT2D eigenvalue weighted by atomic mass is 79.9. The number of hydrogen-bond acceptors (Lipinski definition) is 3. The van der Waals surface area contributed by atoms with Crippen molar-refractivity contribution in [3.8, 4) is 0 Å². The molecule has 1 aromatic carbocycles. The van der Waals surface area contributed by atoms with Gasteiger partial charge in [-0.25, -0.2) is 9.78 Å². The Kier molecular flexibility index (Phi) is 5.32. The van der Waals surface area contributed by atoms with Gasteiger partial charge in [0, 0.05) is 26.3 Å². The van der Waals surface area contributed by atoms with Gasteiger partial charge in [0.1, 0.15) is 5.15 Å². The first-order valence-electron chi connectivity index (χ1n) is 5.43. The van der Waals surface area contributed by atoms with E-state index in [4.69, 9.17) is 28.3 Å². The lowest BCUT2D eigenvalue weighted by Gasteiger charge is -2.07. The molecule has 0 amide bonds. The number of thioether (sulfide) groups is 1. The lowest BCUT2D eigenvalue weighted by molar-refractivity contribution is 0.0693. The Hall–Kier alpha value is -0.750. The van der Waals surface area contributed by atoms with Crippen molar-refractivity contribution in [3.63, 3.8) is 0 Å². The van der Waals surface area contributed by atoms with Gasteiger partial charge in [0.05, 0.1) is 5.56 Å². The second-order valence-corrected chi connectivity index (χ2v) is 6.56. The lowest BCUT2D eigenvalue weighted by Crippen LogP contribution is -1.99. The molecule has 0 spiro atoms. The summed E-state index contributed by atoms with van der Waals surface area (Å²) in [5.41, 5.74) is 1.06. The number of pyridine rings is 1. The molecule has 7 heteroatoms. The number of benzene rings is 1. The second kappa shape index (κ2) is 6.80. The molecule has 0 saturated heterocycles. The van der Waals surface area contributed by atoms with Crippen LogP contribution in [0.5, 0.6) is 0 Å². The normalized spacial score (nSPS) is 10.6. The third-order valence-corrected chi connectivity index (χ3v) is 4.61. The maximum absolute atomic E-state index is 11.2. The fraction of sp³-hybridized carbons (Fsp3) is 0.0769. The van der Waals surface area contributed by atoms with Gasteiger partial charge in [-0.05, 0) is 29.8 Å². The Morgan fingerprint density at radius 2 is 2.10 bits per heavy atom. The first kappa shape index (κ1) is 15.6. The molecule has 0 atom stereocenters. The number of nitrogens with zero attached hydrogens (tertiary/aromatic N) is 1. The first-order valence-corrected chi connectivity index (χ1v) is 7.96. The Morgan fingerprint density at radius 1 is 1.35 bits per heavy atom. The van der Waals surface area contributed by atoms with Crippen LogP contribution in [0, 0.1) is 0 Å². The van der Waals surface area contributed by atoms with Crippen LogP contribution in [0.25, 0.3) is 0 Å². The Balaban J connectivity index is 2.22. The number of halogens is 3. The van der Waals surface area contributed by atoms with Crippen molar-refractivity contribution in [2.45, 2.75) is 10.6 Å². The zero-order chi connectivity index (χ0) is 14.7. The molecule has 104 valence electrons. The van der Waals surface area contributed by atoms with E-state index < -0.39 is 5.97 Å². The van der Waals surface area contributed by atoms with Crippen LogP contribution in [0.3, 0.4) is 0 Å². The molecule has 1 heterocycles. The van der Waals surface area contributed by atoms with E-state index in [1.165, 1.54) is 11.8 Å². The van der Waals surface area contributed by atoms with Gasteiger partial charge in [-0.2, -0.15) is 0 Å². The van der Waals surface area contributed by atoms with E-state index in [1.807, 2.05) is 0 Å². The van der Waals surface area contributed by atoms with E-state index in [-0.39, 0.29) is 5.56 Å². The lowest BCUT2D eigenvalue weighted by atomic mass is 10.2. The molecule has 1 N–H and O–H groups in total. The average Bonchev–Trinajstić information content (AvgIpc) is 2.37. The van der Waals surface area contributed by atoms with E-state index in [0.29, 0.717) is 20.8 Å². The SMILES string of the molecule is O=C(O)c1ccc(Br)cc1SCc1cnc(Cl)cc1Cl. The number of rotatable bonds is 4. The third-order valence-electron chi connectivity index (χ3n) is 2.45. The minimum atomic E-state index is -0.958. The molecular weight excluding hydrogens is 385 g/mol. The van der Waals surface area contributed by atoms with E-state index in [1.54, 1.807) is 30.5 Å². The van der Waals surface area contributed by atoms with Gasteiger partial charge in [0.2, 0.25) is 0 Å². The molecule has 0 saturated carbocycles. The van der Waals surface area contributed by atoms with Gasteiger partial charge in [0.15, 0.2) is 0 Å². The topological polar surface area (TPSA) is 50.2 Å². The third kappa shape index (κ3) is 3.88. The van der Waals surface area contributed by atoms with Crippen LogP contribution in [0.2, 0.25) is 10.2 Å². The van der Waals surface area contributed by atoms with Crippen LogP contribution in [0.15, 0.2) is 39.8 Å². The first-order chi connectivity index (χ1) is 9.47. The fourth-order valence-electron chi connectivity index (χ4n) is 1.49. The number of carboxylic acid groups (broad SMARTS) is 1. The maximum Gasteiger partial charge on any atom is 0.336 e. The second-order valence-electron chi connectivity index (χ2n) is 3.83. The minimum Gasteiger partial charge on any atom is -0.478 e. The van der Waals surface area contributed by atoms with Crippen molar-refractivity contribution in [1.29, 1.82) is 0 Å². The molecule has 0 unspecified atom stereocenters. The van der Waals surface area contributed by atoms with Gasteiger partial charge in [0.25, 0.3) is 0 Å². The number of carboxylic acids is 1. The minimum absolute atomic E-state index is 0.260. The molecule has 20 heavy (non-hydrogen) atoms. The molecule has 0 bridgehead atoms. The molecule has 0 aliphatic carbocycles. The van der Waals surface area contributed by atoms with Gasteiger partial charge in [-0.1, -0.05) is 39.1 Å². The number of carbonyl (C=O) groups is 1. The van der Waals surface area contributed by atoms with Crippen LogP contribution in [-0.4, -0.2) is 16.1 Å². The largest absolute Gasteiger partial charge is 0.478 e. The van der Waals surface area contributed by atoms with Crippen molar-refractivity contribution >= 4 is 56.9 Å². The number of aromatic nitrogens is 1. The van der Waals surface area contributed by atoms with Gasteiger partial charge < -0.3 is 5.11 Å².